The number of nitrogens with one attached hydrogen (secondary N) is 1. The number of methoxy groups -OCH3 is 1. The summed E-state index contributed by atoms with van der Waals surface area (Å²) < 4.78 is 17.1. The molecule has 0 bridgehead atoms. The summed E-state index contributed by atoms with van der Waals surface area (Å²) in [6.07, 6.45) is 0.908. The highest BCUT2D eigenvalue weighted by molar-refractivity contribution is 6.31. The Balaban J connectivity index is 1.77. The molecule has 9 heteroatoms. The van der Waals surface area contributed by atoms with Crippen LogP contribution in [0.1, 0.15) is 66.9 Å². The molecule has 37 heavy (non-hydrogen) atoms. The summed E-state index contributed by atoms with van der Waals surface area (Å²) in [6.45, 7) is 12.6. The molecule has 8 nitrogen and oxygen atoms in total. The minimum atomic E-state index is -0.939. The van der Waals surface area contributed by atoms with Crippen molar-refractivity contribution in [1.82, 2.24) is 10.2 Å². The van der Waals surface area contributed by atoms with Crippen LogP contribution in [0.4, 0.5) is 4.79 Å². The smallest absolute Gasteiger partial charge is 0.410 e. The van der Waals surface area contributed by atoms with Crippen molar-refractivity contribution in [2.75, 3.05) is 7.11 Å². The lowest BCUT2D eigenvalue weighted by molar-refractivity contribution is -0.159. The lowest BCUT2D eigenvalue weighted by Gasteiger charge is -2.36. The van der Waals surface area contributed by atoms with E-state index in [-0.39, 0.29) is 30.5 Å². The Morgan fingerprint density at radius 1 is 1.05 bits per heavy atom. The average Bonchev–Trinajstić information content (AvgIpc) is 3.42. The van der Waals surface area contributed by atoms with Gasteiger partial charge >= 0.3 is 12.1 Å². The number of benzene rings is 1. The number of halogens is 1. The Bertz CT molecular complexity index is 1000. The molecule has 3 rings (SSSR count). The van der Waals surface area contributed by atoms with Gasteiger partial charge in [-0.1, -0.05) is 36.7 Å². The topological polar surface area (TPSA) is 94.2 Å². The van der Waals surface area contributed by atoms with Gasteiger partial charge in [-0.3, -0.25) is 9.69 Å². The number of amides is 2. The number of hydrogen-bond donors (Lipinski definition) is 1. The van der Waals surface area contributed by atoms with E-state index in [1.165, 1.54) is 0 Å². The fourth-order valence-corrected chi connectivity index (χ4v) is 5.18. The predicted octanol–water partition coefficient (Wildman–Crippen LogP) is 4.76. The minimum absolute atomic E-state index is 0.113. The van der Waals surface area contributed by atoms with E-state index in [9.17, 15) is 14.4 Å². The maximum absolute atomic E-state index is 13.5. The molecule has 2 fully saturated rings. The average molecular weight is 537 g/mol. The van der Waals surface area contributed by atoms with Crippen LogP contribution in [0.3, 0.4) is 0 Å². The number of rotatable bonds is 8. The number of carbonyl (C=O) groups is 3. The number of esters is 1. The van der Waals surface area contributed by atoms with Gasteiger partial charge in [0.25, 0.3) is 0 Å². The van der Waals surface area contributed by atoms with Gasteiger partial charge in [0.2, 0.25) is 5.91 Å². The Hall–Kier alpha value is -2.32. The summed E-state index contributed by atoms with van der Waals surface area (Å²) in [5, 5.41) is 3.38. The fourth-order valence-electron chi connectivity index (χ4n) is 4.97. The van der Waals surface area contributed by atoms with E-state index in [4.69, 9.17) is 25.8 Å². The van der Waals surface area contributed by atoms with E-state index in [1.54, 1.807) is 51.8 Å². The van der Waals surface area contributed by atoms with Crippen molar-refractivity contribution >= 4 is 29.6 Å². The molecular formula is C28H41ClN2O6. The first-order valence-corrected chi connectivity index (χ1v) is 13.3. The predicted molar refractivity (Wildman–Crippen MR) is 141 cm³/mol. The molecule has 206 valence electrons. The largest absolute Gasteiger partial charge is 0.458 e. The number of hydrogen-bond acceptors (Lipinski definition) is 6. The van der Waals surface area contributed by atoms with Crippen LogP contribution in [-0.2, 0) is 30.2 Å². The normalized spacial score (nSPS) is 23.5. The molecule has 6 atom stereocenters. The highest BCUT2D eigenvalue weighted by atomic mass is 35.5. The Morgan fingerprint density at radius 3 is 2.24 bits per heavy atom. The quantitative estimate of drug-likeness (QED) is 0.481. The van der Waals surface area contributed by atoms with Crippen LogP contribution in [-0.4, -0.2) is 65.4 Å². The lowest BCUT2D eigenvalue weighted by atomic mass is 9.93. The summed E-state index contributed by atoms with van der Waals surface area (Å²) in [5.74, 6) is -1.16. The number of fused-ring (bicyclic) bond motifs is 1. The molecular weight excluding hydrogens is 496 g/mol. The molecule has 3 unspecified atom stereocenters. The summed E-state index contributed by atoms with van der Waals surface area (Å²) >= 11 is 6.34. The number of piperidine rings is 1. The zero-order valence-corrected chi connectivity index (χ0v) is 23.9. The van der Waals surface area contributed by atoms with E-state index < -0.39 is 35.2 Å². The van der Waals surface area contributed by atoms with Crippen LogP contribution in [0.25, 0.3) is 0 Å². The molecule has 2 amide bonds. The monoisotopic (exact) mass is 536 g/mol. The zero-order valence-electron chi connectivity index (χ0n) is 23.2. The van der Waals surface area contributed by atoms with Crippen LogP contribution < -0.4 is 5.32 Å². The summed E-state index contributed by atoms with van der Waals surface area (Å²) in [5.41, 5.74) is -0.622. The van der Waals surface area contributed by atoms with Crippen molar-refractivity contribution in [1.29, 1.82) is 0 Å². The van der Waals surface area contributed by atoms with E-state index in [1.807, 2.05) is 32.9 Å². The molecule has 2 aliphatic rings. The molecule has 1 aliphatic heterocycles. The summed E-state index contributed by atoms with van der Waals surface area (Å²) in [7, 11) is 1.54. The SMILES string of the molecule is CO[C@@H](C1CC2CC2N1C(=O)OC(C)(C)C)[C@@H](C)C(=O)N[C@@H](Cc1ccccc1Cl)C(=O)OC(C)(C)C. The van der Waals surface area contributed by atoms with Gasteiger partial charge in [-0.2, -0.15) is 0 Å². The van der Waals surface area contributed by atoms with Crippen molar-refractivity contribution in [2.24, 2.45) is 11.8 Å². The first-order valence-electron chi connectivity index (χ1n) is 12.9. The molecule has 0 radical (unpaired) electrons. The third-order valence-electron chi connectivity index (χ3n) is 6.70. The maximum Gasteiger partial charge on any atom is 0.410 e. The fraction of sp³-hybridized carbons (Fsp3) is 0.679. The molecule has 1 saturated heterocycles. The Kier molecular flexibility index (Phi) is 8.85. The highest BCUT2D eigenvalue weighted by Crippen LogP contribution is 2.50. The van der Waals surface area contributed by atoms with Crippen molar-refractivity contribution < 1.29 is 28.6 Å². The lowest BCUT2D eigenvalue weighted by Crippen LogP contribution is -2.54. The zero-order chi connectivity index (χ0) is 27.7. The van der Waals surface area contributed by atoms with Crippen molar-refractivity contribution in [2.45, 2.75) is 103 Å². The second kappa shape index (κ2) is 11.2. The van der Waals surface area contributed by atoms with Crippen LogP contribution in [0.5, 0.6) is 0 Å². The Labute approximate surface area is 225 Å². The van der Waals surface area contributed by atoms with Crippen LogP contribution in [0.15, 0.2) is 24.3 Å². The maximum atomic E-state index is 13.5. The summed E-state index contributed by atoms with van der Waals surface area (Å²) in [6, 6.07) is 6.07. The first kappa shape index (κ1) is 29.2. The van der Waals surface area contributed by atoms with E-state index >= 15 is 0 Å². The molecule has 1 heterocycles. The highest BCUT2D eigenvalue weighted by Gasteiger charge is 2.58. The van der Waals surface area contributed by atoms with E-state index in [0.717, 1.165) is 18.4 Å². The number of ether oxygens (including phenoxy) is 3. The Morgan fingerprint density at radius 2 is 1.68 bits per heavy atom. The third-order valence-corrected chi connectivity index (χ3v) is 7.06. The van der Waals surface area contributed by atoms with Crippen LogP contribution >= 0.6 is 11.6 Å². The van der Waals surface area contributed by atoms with Crippen LogP contribution in [0.2, 0.25) is 5.02 Å². The second-order valence-electron chi connectivity index (χ2n) is 12.1. The third kappa shape index (κ3) is 7.60. The van der Waals surface area contributed by atoms with Gasteiger partial charge in [-0.05, 0) is 71.9 Å². The molecule has 1 N–H and O–H groups in total. The van der Waals surface area contributed by atoms with Gasteiger partial charge in [0.05, 0.1) is 18.1 Å². The van der Waals surface area contributed by atoms with Gasteiger partial charge in [-0.15, -0.1) is 0 Å². The van der Waals surface area contributed by atoms with E-state index in [2.05, 4.69) is 5.32 Å². The van der Waals surface area contributed by atoms with Gasteiger partial charge in [-0.25, -0.2) is 9.59 Å². The number of carbonyl (C=O) groups excluding carboxylic acids is 3. The van der Waals surface area contributed by atoms with Crippen LogP contribution in [0, 0.1) is 11.8 Å². The van der Waals surface area contributed by atoms with Crippen molar-refractivity contribution in [3.05, 3.63) is 34.9 Å². The van der Waals surface area contributed by atoms with Crippen molar-refractivity contribution in [3.8, 4) is 0 Å². The van der Waals surface area contributed by atoms with Gasteiger partial charge in [0.15, 0.2) is 0 Å². The van der Waals surface area contributed by atoms with Gasteiger partial charge in [0, 0.05) is 24.6 Å². The standard InChI is InChI=1S/C28H41ClN2O6/c1-16(23(35-8)22-15-18-14-21(18)31(22)26(34)37-28(5,6)7)24(32)30-20(25(33)36-27(2,3)4)13-17-11-9-10-12-19(17)29/h9-12,16,18,20-23H,13-15H2,1-8H3,(H,30,32)/t16-,18?,20+,21?,22?,23-/m1/s1. The molecule has 0 aromatic heterocycles. The second-order valence-corrected chi connectivity index (χ2v) is 12.5. The molecule has 0 spiro atoms. The molecule has 1 aliphatic carbocycles. The van der Waals surface area contributed by atoms with Gasteiger partial charge < -0.3 is 19.5 Å². The number of nitrogens with zero attached hydrogens (tertiary/aromatic N) is 1. The van der Waals surface area contributed by atoms with Gasteiger partial charge in [0.1, 0.15) is 17.2 Å². The molecule has 1 saturated carbocycles. The molecule has 1 aromatic carbocycles. The summed E-state index contributed by atoms with van der Waals surface area (Å²) in [4.78, 5) is 41.3. The molecule has 1 aromatic rings. The van der Waals surface area contributed by atoms with Crippen molar-refractivity contribution in [3.63, 3.8) is 0 Å². The van der Waals surface area contributed by atoms with E-state index in [0.29, 0.717) is 10.9 Å². The minimum Gasteiger partial charge on any atom is -0.458 e. The number of likely N-dealkylation sites (tertiary alicyclic amines) is 1. The first-order chi connectivity index (χ1) is 17.1.